The maximum absolute atomic E-state index is 14.0. The summed E-state index contributed by atoms with van der Waals surface area (Å²) < 4.78 is 52.5. The third-order valence-corrected chi connectivity index (χ3v) is 5.46. The van der Waals surface area contributed by atoms with Gasteiger partial charge in [-0.25, -0.2) is 4.39 Å². The van der Waals surface area contributed by atoms with Gasteiger partial charge in [-0.1, -0.05) is 42.5 Å². The van der Waals surface area contributed by atoms with E-state index in [0.717, 1.165) is 23.3 Å². The molecule has 3 aromatic carbocycles. The number of hydrogen-bond donors (Lipinski definition) is 1. The molecule has 0 aromatic heterocycles. The predicted molar refractivity (Wildman–Crippen MR) is 124 cm³/mol. The van der Waals surface area contributed by atoms with Gasteiger partial charge in [-0.05, 0) is 66.8 Å². The van der Waals surface area contributed by atoms with Crippen molar-refractivity contribution in [1.82, 2.24) is 0 Å². The highest BCUT2D eigenvalue weighted by atomic mass is 35.5. The molecule has 1 atom stereocenters. The van der Waals surface area contributed by atoms with Crippen LogP contribution in [0.2, 0.25) is 0 Å². The van der Waals surface area contributed by atoms with E-state index in [-0.39, 0.29) is 31.3 Å². The van der Waals surface area contributed by atoms with Crippen molar-refractivity contribution in [3.63, 3.8) is 0 Å². The number of aryl methyl sites for hydroxylation is 2. The van der Waals surface area contributed by atoms with E-state index in [0.29, 0.717) is 16.8 Å². The summed E-state index contributed by atoms with van der Waals surface area (Å²) in [6, 6.07) is 16.3. The van der Waals surface area contributed by atoms with Gasteiger partial charge < -0.3 is 10.6 Å². The summed E-state index contributed by atoms with van der Waals surface area (Å²) in [5.74, 6) is -1.69. The molecule has 0 aliphatic carbocycles. The van der Waals surface area contributed by atoms with E-state index >= 15 is 0 Å². The molecule has 1 amide bonds. The van der Waals surface area contributed by atoms with E-state index in [4.69, 9.17) is 5.73 Å². The molecule has 8 heteroatoms. The third-order valence-electron chi connectivity index (χ3n) is 5.46. The maximum Gasteiger partial charge on any atom is 0.419 e. The number of hydrogen-bond acceptors (Lipinski definition) is 2. The Hall–Kier alpha value is -2.90. The van der Waals surface area contributed by atoms with Crippen molar-refractivity contribution in [3.05, 3.63) is 100 Å². The fraction of sp³-hybridized carbons (Fsp3) is 0.240. The zero-order chi connectivity index (χ0) is 23.5. The molecule has 0 unspecified atom stereocenters. The Morgan fingerprint density at radius 3 is 2.21 bits per heavy atom. The van der Waals surface area contributed by atoms with Gasteiger partial charge in [0.25, 0.3) is 0 Å². The topological polar surface area (TPSA) is 46.3 Å². The van der Waals surface area contributed by atoms with E-state index in [1.807, 2.05) is 32.0 Å². The monoisotopic (exact) mass is 480 g/mol. The first kappa shape index (κ1) is 26.4. The maximum atomic E-state index is 14.0. The third kappa shape index (κ3) is 6.33. The van der Waals surface area contributed by atoms with Crippen molar-refractivity contribution in [1.29, 1.82) is 0 Å². The molecule has 0 heterocycles. The quantitative estimate of drug-likeness (QED) is 0.429. The summed E-state index contributed by atoms with van der Waals surface area (Å²) in [5.41, 5.74) is 8.57. The van der Waals surface area contributed by atoms with E-state index in [9.17, 15) is 22.4 Å². The second-order valence-corrected chi connectivity index (χ2v) is 7.71. The highest BCUT2D eigenvalue weighted by molar-refractivity contribution is 5.97. The molecule has 176 valence electrons. The van der Waals surface area contributed by atoms with Crippen molar-refractivity contribution >= 4 is 24.0 Å². The number of nitrogens with zero attached hydrogens (tertiary/aromatic N) is 1. The zero-order valence-corrected chi connectivity index (χ0v) is 19.0. The average Bonchev–Trinajstić information content (AvgIpc) is 2.75. The number of carbonyl (C=O) groups excluding carboxylic acids is 1. The fourth-order valence-electron chi connectivity index (χ4n) is 3.42. The number of amides is 1. The molecule has 3 nitrogen and oxygen atoms in total. The van der Waals surface area contributed by atoms with Gasteiger partial charge in [-0.15, -0.1) is 12.4 Å². The Kier molecular flexibility index (Phi) is 8.63. The number of rotatable bonds is 6. The van der Waals surface area contributed by atoms with Gasteiger partial charge in [-0.3, -0.25) is 4.79 Å². The standard InChI is InChI=1S/C25H24F4N2O.ClH/c1-16-8-10-20(14-17(16)2)31(24(32)23(30)19-6-4-3-5-7-19)13-12-18-9-11-21(22(26)15-18)25(27,28)29;/h3-11,14-15,23H,12-13,30H2,1-2H3;1H/t23-;/m0./s1. The van der Waals surface area contributed by atoms with Crippen LogP contribution in [0.4, 0.5) is 23.2 Å². The predicted octanol–water partition coefficient (Wildman–Crippen LogP) is 6.16. The minimum atomic E-state index is -4.76. The van der Waals surface area contributed by atoms with Crippen molar-refractivity contribution in [2.75, 3.05) is 11.4 Å². The second kappa shape index (κ2) is 10.8. The Bertz CT molecular complexity index is 1100. The number of alkyl halides is 3. The van der Waals surface area contributed by atoms with Gasteiger partial charge in [0.2, 0.25) is 5.91 Å². The first-order chi connectivity index (χ1) is 15.1. The Labute approximate surface area is 196 Å². The van der Waals surface area contributed by atoms with Crippen LogP contribution in [0.5, 0.6) is 0 Å². The van der Waals surface area contributed by atoms with E-state index in [2.05, 4.69) is 0 Å². The number of carbonyl (C=O) groups is 1. The Morgan fingerprint density at radius 1 is 0.970 bits per heavy atom. The summed E-state index contributed by atoms with van der Waals surface area (Å²) in [6.45, 7) is 4.00. The van der Waals surface area contributed by atoms with E-state index in [1.54, 1.807) is 30.3 Å². The van der Waals surface area contributed by atoms with E-state index < -0.39 is 23.6 Å². The minimum absolute atomic E-state index is 0. The van der Waals surface area contributed by atoms with Gasteiger partial charge in [0.1, 0.15) is 11.9 Å². The lowest BCUT2D eigenvalue weighted by Gasteiger charge is -2.27. The molecule has 0 bridgehead atoms. The molecule has 0 fully saturated rings. The highest BCUT2D eigenvalue weighted by Crippen LogP contribution is 2.32. The smallest absolute Gasteiger partial charge is 0.316 e. The summed E-state index contributed by atoms with van der Waals surface area (Å²) >= 11 is 0. The zero-order valence-electron chi connectivity index (χ0n) is 18.2. The van der Waals surface area contributed by atoms with Crippen LogP contribution in [0.1, 0.15) is 33.9 Å². The van der Waals surface area contributed by atoms with Crippen LogP contribution >= 0.6 is 12.4 Å². The summed E-state index contributed by atoms with van der Waals surface area (Å²) in [6.07, 6.45) is -4.60. The van der Waals surface area contributed by atoms with Gasteiger partial charge in [0, 0.05) is 12.2 Å². The summed E-state index contributed by atoms with van der Waals surface area (Å²) in [5, 5.41) is 0. The van der Waals surface area contributed by atoms with Gasteiger partial charge >= 0.3 is 6.18 Å². The molecule has 3 aromatic rings. The molecule has 3 rings (SSSR count). The lowest BCUT2D eigenvalue weighted by Crippen LogP contribution is -2.40. The number of halogens is 5. The van der Waals surface area contributed by atoms with Crippen molar-refractivity contribution in [2.24, 2.45) is 5.73 Å². The number of nitrogens with two attached hydrogens (primary N) is 1. The van der Waals surface area contributed by atoms with Crippen LogP contribution in [0.3, 0.4) is 0 Å². The lowest BCUT2D eigenvalue weighted by atomic mass is 10.0. The molecule has 0 saturated heterocycles. The van der Waals surface area contributed by atoms with Crippen LogP contribution in [-0.2, 0) is 17.4 Å². The Morgan fingerprint density at radius 2 is 1.64 bits per heavy atom. The van der Waals surface area contributed by atoms with Crippen molar-refractivity contribution in [2.45, 2.75) is 32.5 Å². The summed E-state index contributed by atoms with van der Waals surface area (Å²) in [7, 11) is 0. The van der Waals surface area contributed by atoms with Crippen LogP contribution < -0.4 is 10.6 Å². The minimum Gasteiger partial charge on any atom is -0.316 e. The molecule has 0 saturated carbocycles. The number of anilines is 1. The van der Waals surface area contributed by atoms with Gasteiger partial charge in [0.15, 0.2) is 0 Å². The summed E-state index contributed by atoms with van der Waals surface area (Å²) in [4.78, 5) is 14.8. The normalized spacial score (nSPS) is 12.1. The second-order valence-electron chi connectivity index (χ2n) is 7.71. The molecule has 0 spiro atoms. The first-order valence-electron chi connectivity index (χ1n) is 10.1. The SMILES string of the molecule is Cc1ccc(N(CCc2ccc(C(F)(F)F)c(F)c2)C(=O)[C@@H](N)c2ccccc2)cc1C.Cl. The number of benzene rings is 3. The lowest BCUT2D eigenvalue weighted by molar-refractivity contribution is -0.140. The molecule has 0 radical (unpaired) electrons. The molecule has 0 aliphatic rings. The molecular weight excluding hydrogens is 456 g/mol. The van der Waals surface area contributed by atoms with Gasteiger partial charge in [0.05, 0.1) is 5.56 Å². The van der Waals surface area contributed by atoms with Gasteiger partial charge in [-0.2, -0.15) is 13.2 Å². The molecular formula is C25H25ClF4N2O. The molecule has 33 heavy (non-hydrogen) atoms. The van der Waals surface area contributed by atoms with Crippen LogP contribution in [0, 0.1) is 19.7 Å². The molecule has 2 N–H and O–H groups in total. The average molecular weight is 481 g/mol. The van der Waals surface area contributed by atoms with Crippen LogP contribution in [-0.4, -0.2) is 12.5 Å². The largest absolute Gasteiger partial charge is 0.419 e. The van der Waals surface area contributed by atoms with E-state index in [1.165, 1.54) is 11.0 Å². The van der Waals surface area contributed by atoms with Crippen LogP contribution in [0.25, 0.3) is 0 Å². The van der Waals surface area contributed by atoms with Crippen LogP contribution in [0.15, 0.2) is 66.7 Å². The first-order valence-corrected chi connectivity index (χ1v) is 10.1. The van der Waals surface area contributed by atoms with Crippen molar-refractivity contribution in [3.8, 4) is 0 Å². The highest BCUT2D eigenvalue weighted by Gasteiger charge is 2.34. The Balaban J connectivity index is 0.00000385. The van der Waals surface area contributed by atoms with Crippen molar-refractivity contribution < 1.29 is 22.4 Å². The fourth-order valence-corrected chi connectivity index (χ4v) is 3.42. The molecule has 0 aliphatic heterocycles.